The standard InChI is InChI=1S/C16H20N2S/c1-17-7-9-18(10-8-17)13-14-4-2-5-15(12-14)16-6-3-11-19-16/h2-6,11-12H,7-10,13H2,1H3. The molecule has 0 N–H and O–H groups in total. The van der Waals surface area contributed by atoms with Crippen LogP contribution < -0.4 is 0 Å². The lowest BCUT2D eigenvalue weighted by atomic mass is 10.1. The zero-order chi connectivity index (χ0) is 13.1. The van der Waals surface area contributed by atoms with Crippen molar-refractivity contribution < 1.29 is 0 Å². The molecule has 2 heterocycles. The van der Waals surface area contributed by atoms with Gasteiger partial charge in [0.25, 0.3) is 0 Å². The Labute approximate surface area is 119 Å². The number of likely N-dealkylation sites (N-methyl/N-ethyl adjacent to an activating group) is 1. The van der Waals surface area contributed by atoms with Crippen LogP contribution in [0.1, 0.15) is 5.56 Å². The van der Waals surface area contributed by atoms with Crippen LogP contribution in [0.15, 0.2) is 41.8 Å². The minimum atomic E-state index is 1.08. The molecule has 2 nitrogen and oxygen atoms in total. The van der Waals surface area contributed by atoms with Gasteiger partial charge in [-0.1, -0.05) is 24.3 Å². The van der Waals surface area contributed by atoms with E-state index in [4.69, 9.17) is 0 Å². The molecule has 0 spiro atoms. The molecule has 1 saturated heterocycles. The number of rotatable bonds is 3. The molecule has 0 amide bonds. The summed E-state index contributed by atoms with van der Waals surface area (Å²) in [5.74, 6) is 0. The van der Waals surface area contributed by atoms with E-state index in [9.17, 15) is 0 Å². The first-order valence-electron chi connectivity index (χ1n) is 6.85. The largest absolute Gasteiger partial charge is 0.304 e. The molecule has 3 rings (SSSR count). The predicted molar refractivity (Wildman–Crippen MR) is 82.5 cm³/mol. The Bertz CT molecular complexity index is 513. The maximum absolute atomic E-state index is 2.55. The minimum Gasteiger partial charge on any atom is -0.304 e. The van der Waals surface area contributed by atoms with E-state index in [-0.39, 0.29) is 0 Å². The molecule has 0 radical (unpaired) electrons. The van der Waals surface area contributed by atoms with Gasteiger partial charge in [0.1, 0.15) is 0 Å². The molecule has 1 aliphatic rings. The number of hydrogen-bond donors (Lipinski definition) is 0. The number of hydrogen-bond acceptors (Lipinski definition) is 3. The van der Waals surface area contributed by atoms with Gasteiger partial charge in [-0.3, -0.25) is 4.90 Å². The lowest BCUT2D eigenvalue weighted by Gasteiger charge is -2.32. The zero-order valence-corrected chi connectivity index (χ0v) is 12.2. The van der Waals surface area contributed by atoms with E-state index in [0.717, 1.165) is 6.54 Å². The fourth-order valence-electron chi connectivity index (χ4n) is 2.53. The van der Waals surface area contributed by atoms with Crippen LogP contribution >= 0.6 is 11.3 Å². The topological polar surface area (TPSA) is 6.48 Å². The molecule has 1 aromatic heterocycles. The molecule has 3 heteroatoms. The molecule has 100 valence electrons. The van der Waals surface area contributed by atoms with Gasteiger partial charge in [-0.2, -0.15) is 0 Å². The Morgan fingerprint density at radius 3 is 2.63 bits per heavy atom. The quantitative estimate of drug-likeness (QED) is 0.847. The van der Waals surface area contributed by atoms with E-state index < -0.39 is 0 Å². The second-order valence-corrected chi connectivity index (χ2v) is 6.20. The van der Waals surface area contributed by atoms with Gasteiger partial charge in [-0.25, -0.2) is 0 Å². The third-order valence-corrected chi connectivity index (χ3v) is 4.65. The predicted octanol–water partition coefficient (Wildman–Crippen LogP) is 3.16. The van der Waals surface area contributed by atoms with Crippen LogP contribution in [0.2, 0.25) is 0 Å². The van der Waals surface area contributed by atoms with Gasteiger partial charge in [-0.05, 0) is 35.7 Å². The van der Waals surface area contributed by atoms with E-state index in [0.29, 0.717) is 0 Å². The molecule has 0 bridgehead atoms. The summed E-state index contributed by atoms with van der Waals surface area (Å²) in [5, 5.41) is 2.14. The smallest absolute Gasteiger partial charge is 0.0342 e. The summed E-state index contributed by atoms with van der Waals surface area (Å²) in [6.45, 7) is 5.81. The van der Waals surface area contributed by atoms with Crippen LogP contribution in [-0.2, 0) is 6.54 Å². The fraction of sp³-hybridized carbons (Fsp3) is 0.375. The van der Waals surface area contributed by atoms with Gasteiger partial charge >= 0.3 is 0 Å². The number of thiophene rings is 1. The van der Waals surface area contributed by atoms with Gasteiger partial charge in [0.2, 0.25) is 0 Å². The van der Waals surface area contributed by atoms with Crippen LogP contribution in [0.3, 0.4) is 0 Å². The third-order valence-electron chi connectivity index (χ3n) is 3.73. The Hall–Kier alpha value is -1.16. The average molecular weight is 272 g/mol. The Morgan fingerprint density at radius 2 is 1.89 bits per heavy atom. The van der Waals surface area contributed by atoms with Crippen LogP contribution in [0.5, 0.6) is 0 Å². The first-order valence-corrected chi connectivity index (χ1v) is 7.73. The van der Waals surface area contributed by atoms with Crippen LogP contribution in [-0.4, -0.2) is 43.0 Å². The highest BCUT2D eigenvalue weighted by molar-refractivity contribution is 7.13. The highest BCUT2D eigenvalue weighted by Gasteiger charge is 2.13. The number of benzene rings is 1. The minimum absolute atomic E-state index is 1.08. The Balaban J connectivity index is 1.70. The Morgan fingerprint density at radius 1 is 1.05 bits per heavy atom. The average Bonchev–Trinajstić information content (AvgIpc) is 2.96. The molecule has 1 aromatic carbocycles. The summed E-state index contributed by atoms with van der Waals surface area (Å²) >= 11 is 1.81. The van der Waals surface area contributed by atoms with Gasteiger partial charge in [0, 0.05) is 37.6 Å². The summed E-state index contributed by atoms with van der Waals surface area (Å²) in [4.78, 5) is 6.31. The van der Waals surface area contributed by atoms with E-state index in [1.54, 1.807) is 0 Å². The second-order valence-electron chi connectivity index (χ2n) is 5.26. The van der Waals surface area contributed by atoms with Crippen molar-refractivity contribution in [1.29, 1.82) is 0 Å². The van der Waals surface area contributed by atoms with Crippen molar-refractivity contribution in [1.82, 2.24) is 9.80 Å². The maximum Gasteiger partial charge on any atom is 0.0342 e. The molecule has 1 aliphatic heterocycles. The van der Waals surface area contributed by atoms with Gasteiger partial charge in [-0.15, -0.1) is 11.3 Å². The summed E-state index contributed by atoms with van der Waals surface area (Å²) in [5.41, 5.74) is 2.78. The van der Waals surface area contributed by atoms with E-state index in [2.05, 4.69) is 58.6 Å². The van der Waals surface area contributed by atoms with Gasteiger partial charge in [0.15, 0.2) is 0 Å². The van der Waals surface area contributed by atoms with Crippen molar-refractivity contribution in [2.75, 3.05) is 33.2 Å². The van der Waals surface area contributed by atoms with Crippen LogP contribution in [0, 0.1) is 0 Å². The first kappa shape index (κ1) is 12.9. The van der Waals surface area contributed by atoms with E-state index in [1.807, 2.05) is 11.3 Å². The van der Waals surface area contributed by atoms with Gasteiger partial charge < -0.3 is 4.90 Å². The second kappa shape index (κ2) is 5.87. The van der Waals surface area contributed by atoms with E-state index >= 15 is 0 Å². The molecule has 19 heavy (non-hydrogen) atoms. The zero-order valence-electron chi connectivity index (χ0n) is 11.4. The third kappa shape index (κ3) is 3.24. The summed E-state index contributed by atoms with van der Waals surface area (Å²) in [7, 11) is 2.20. The van der Waals surface area contributed by atoms with Crippen molar-refractivity contribution in [3.8, 4) is 10.4 Å². The van der Waals surface area contributed by atoms with Crippen LogP contribution in [0.4, 0.5) is 0 Å². The molecular formula is C16H20N2S. The molecule has 0 aliphatic carbocycles. The highest BCUT2D eigenvalue weighted by atomic mass is 32.1. The lowest BCUT2D eigenvalue weighted by Crippen LogP contribution is -2.43. The SMILES string of the molecule is CN1CCN(Cc2cccc(-c3cccs3)c2)CC1. The molecule has 1 fully saturated rings. The molecule has 0 saturated carbocycles. The van der Waals surface area contributed by atoms with Crippen molar-refractivity contribution in [3.63, 3.8) is 0 Å². The van der Waals surface area contributed by atoms with Crippen LogP contribution in [0.25, 0.3) is 10.4 Å². The highest BCUT2D eigenvalue weighted by Crippen LogP contribution is 2.25. The maximum atomic E-state index is 2.55. The summed E-state index contributed by atoms with van der Waals surface area (Å²) in [6.07, 6.45) is 0. The van der Waals surface area contributed by atoms with Crippen molar-refractivity contribution in [2.24, 2.45) is 0 Å². The Kier molecular flexibility index (Phi) is 3.97. The monoisotopic (exact) mass is 272 g/mol. The van der Waals surface area contributed by atoms with E-state index in [1.165, 1.54) is 42.2 Å². The molecule has 0 unspecified atom stereocenters. The van der Waals surface area contributed by atoms with Crippen molar-refractivity contribution in [3.05, 3.63) is 47.3 Å². The van der Waals surface area contributed by atoms with Crippen molar-refractivity contribution in [2.45, 2.75) is 6.54 Å². The molecule has 0 atom stereocenters. The normalized spacial score (nSPS) is 17.7. The fourth-order valence-corrected chi connectivity index (χ4v) is 3.25. The first-order chi connectivity index (χ1) is 9.31. The van der Waals surface area contributed by atoms with Gasteiger partial charge in [0.05, 0.1) is 0 Å². The number of nitrogens with zero attached hydrogens (tertiary/aromatic N) is 2. The lowest BCUT2D eigenvalue weighted by molar-refractivity contribution is 0.148. The molecule has 2 aromatic rings. The number of piperazine rings is 1. The summed E-state index contributed by atoms with van der Waals surface area (Å²) in [6, 6.07) is 13.3. The molecular weight excluding hydrogens is 252 g/mol. The summed E-state index contributed by atoms with van der Waals surface area (Å²) < 4.78 is 0. The van der Waals surface area contributed by atoms with Crippen molar-refractivity contribution >= 4 is 11.3 Å².